The van der Waals surface area contributed by atoms with E-state index in [2.05, 4.69) is 21.2 Å². The van der Waals surface area contributed by atoms with Crippen molar-refractivity contribution in [1.29, 1.82) is 0 Å². The summed E-state index contributed by atoms with van der Waals surface area (Å²) in [4.78, 5) is 11.7. The van der Waals surface area contributed by atoms with Crippen molar-refractivity contribution in [2.75, 3.05) is 5.88 Å². The summed E-state index contributed by atoms with van der Waals surface area (Å²) >= 11 is 9.17. The van der Waals surface area contributed by atoms with Crippen LogP contribution in [0.1, 0.15) is 18.4 Å². The minimum absolute atomic E-state index is 0.0560. The SMILES string of the molecule is O=C(Cc1ccc(Br)cc1)NC1(CCl)CC1. The van der Waals surface area contributed by atoms with Gasteiger partial charge in [0, 0.05) is 10.4 Å². The number of carbonyl (C=O) groups is 1. The number of hydrogen-bond donors (Lipinski definition) is 1. The zero-order valence-electron chi connectivity index (χ0n) is 8.80. The summed E-state index contributed by atoms with van der Waals surface area (Å²) in [5.74, 6) is 0.569. The van der Waals surface area contributed by atoms with Crippen molar-refractivity contribution in [3.63, 3.8) is 0 Å². The van der Waals surface area contributed by atoms with Crippen LogP contribution >= 0.6 is 27.5 Å². The number of nitrogens with one attached hydrogen (secondary N) is 1. The quantitative estimate of drug-likeness (QED) is 0.851. The van der Waals surface area contributed by atoms with Gasteiger partial charge in [-0.25, -0.2) is 0 Å². The summed E-state index contributed by atoms with van der Waals surface area (Å²) in [5, 5.41) is 3.00. The molecular formula is C12H13BrClNO. The highest BCUT2D eigenvalue weighted by Crippen LogP contribution is 2.36. The lowest BCUT2D eigenvalue weighted by Crippen LogP contribution is -2.39. The first-order chi connectivity index (χ1) is 7.63. The Balaban J connectivity index is 1.90. The topological polar surface area (TPSA) is 29.1 Å². The number of halogens is 2. The molecule has 0 aliphatic heterocycles. The van der Waals surface area contributed by atoms with Crippen LogP contribution in [-0.2, 0) is 11.2 Å². The molecule has 1 aliphatic rings. The van der Waals surface area contributed by atoms with Crippen molar-refractivity contribution in [2.24, 2.45) is 0 Å². The fourth-order valence-electron chi connectivity index (χ4n) is 1.57. The van der Waals surface area contributed by atoms with Gasteiger partial charge in [0.15, 0.2) is 0 Å². The van der Waals surface area contributed by atoms with Crippen molar-refractivity contribution in [2.45, 2.75) is 24.8 Å². The van der Waals surface area contributed by atoms with Gasteiger partial charge >= 0.3 is 0 Å². The molecule has 1 amide bonds. The van der Waals surface area contributed by atoms with Crippen LogP contribution in [0.3, 0.4) is 0 Å². The highest BCUT2D eigenvalue weighted by atomic mass is 79.9. The fraction of sp³-hybridized carbons (Fsp3) is 0.417. The maximum atomic E-state index is 11.7. The monoisotopic (exact) mass is 301 g/mol. The molecule has 0 unspecified atom stereocenters. The van der Waals surface area contributed by atoms with Crippen LogP contribution in [0, 0.1) is 0 Å². The van der Waals surface area contributed by atoms with Crippen molar-refractivity contribution < 1.29 is 4.79 Å². The van der Waals surface area contributed by atoms with Gasteiger partial charge in [-0.1, -0.05) is 28.1 Å². The molecule has 1 fully saturated rings. The Bertz CT molecular complexity index is 387. The molecule has 2 rings (SSSR count). The third kappa shape index (κ3) is 2.98. The standard InChI is InChI=1S/C12H13BrClNO/c13-10-3-1-9(2-4-10)7-11(16)15-12(8-14)5-6-12/h1-4H,5-8H2,(H,15,16). The molecule has 0 bridgehead atoms. The molecule has 0 atom stereocenters. The van der Waals surface area contributed by atoms with E-state index >= 15 is 0 Å². The van der Waals surface area contributed by atoms with Gasteiger partial charge in [0.2, 0.25) is 5.91 Å². The second-order valence-electron chi connectivity index (χ2n) is 4.27. The van der Waals surface area contributed by atoms with Crippen molar-refractivity contribution >= 4 is 33.4 Å². The molecule has 0 aromatic heterocycles. The third-order valence-electron chi connectivity index (χ3n) is 2.79. The molecule has 2 nitrogen and oxygen atoms in total. The summed E-state index contributed by atoms with van der Waals surface area (Å²) in [6.07, 6.45) is 2.43. The Hall–Kier alpha value is -0.540. The van der Waals surface area contributed by atoms with Crippen molar-refractivity contribution in [3.8, 4) is 0 Å². The van der Waals surface area contributed by atoms with Crippen molar-refractivity contribution in [3.05, 3.63) is 34.3 Å². The Kier molecular flexibility index (Phi) is 3.55. The Morgan fingerprint density at radius 3 is 2.50 bits per heavy atom. The highest BCUT2D eigenvalue weighted by molar-refractivity contribution is 9.10. The Labute approximate surface area is 108 Å². The Morgan fingerprint density at radius 2 is 2.00 bits per heavy atom. The smallest absolute Gasteiger partial charge is 0.224 e. The lowest BCUT2D eigenvalue weighted by molar-refractivity contribution is -0.121. The van der Waals surface area contributed by atoms with Crippen LogP contribution in [0.4, 0.5) is 0 Å². The Morgan fingerprint density at radius 1 is 1.38 bits per heavy atom. The van der Waals surface area contributed by atoms with E-state index in [1.54, 1.807) is 0 Å². The largest absolute Gasteiger partial charge is 0.349 e. The van der Waals surface area contributed by atoms with E-state index < -0.39 is 0 Å². The van der Waals surface area contributed by atoms with Gasteiger partial charge in [-0.05, 0) is 30.5 Å². The number of hydrogen-bond acceptors (Lipinski definition) is 1. The van der Waals surface area contributed by atoms with Gasteiger partial charge in [-0.3, -0.25) is 4.79 Å². The molecule has 0 spiro atoms. The average Bonchev–Trinajstić information content (AvgIpc) is 3.02. The van der Waals surface area contributed by atoms with E-state index in [9.17, 15) is 4.79 Å². The molecule has 86 valence electrons. The molecule has 1 N–H and O–H groups in total. The summed E-state index contributed by atoms with van der Waals surface area (Å²) < 4.78 is 1.02. The van der Waals surface area contributed by atoms with Crippen LogP contribution in [0.25, 0.3) is 0 Å². The lowest BCUT2D eigenvalue weighted by Gasteiger charge is -2.13. The molecule has 1 aromatic carbocycles. The second kappa shape index (κ2) is 4.76. The lowest BCUT2D eigenvalue weighted by atomic mass is 10.1. The first kappa shape index (κ1) is 11.9. The van der Waals surface area contributed by atoms with Crippen LogP contribution in [0.5, 0.6) is 0 Å². The minimum Gasteiger partial charge on any atom is -0.349 e. The van der Waals surface area contributed by atoms with E-state index in [-0.39, 0.29) is 11.4 Å². The molecule has 1 aromatic rings. The average molecular weight is 303 g/mol. The first-order valence-corrected chi connectivity index (χ1v) is 6.58. The number of amides is 1. The number of alkyl halides is 1. The summed E-state index contributed by atoms with van der Waals surface area (Å²) in [6.45, 7) is 0. The van der Waals surface area contributed by atoms with Gasteiger partial charge in [-0.15, -0.1) is 11.6 Å². The number of benzene rings is 1. The first-order valence-electron chi connectivity index (χ1n) is 5.25. The molecule has 0 saturated heterocycles. The molecule has 1 aliphatic carbocycles. The zero-order chi connectivity index (χ0) is 11.6. The summed E-state index contributed by atoms with van der Waals surface area (Å²) in [6, 6.07) is 7.78. The van der Waals surface area contributed by atoms with Crippen LogP contribution in [-0.4, -0.2) is 17.3 Å². The molecule has 4 heteroatoms. The summed E-state index contributed by atoms with van der Waals surface area (Å²) in [5.41, 5.74) is 0.916. The van der Waals surface area contributed by atoms with Gasteiger partial charge < -0.3 is 5.32 Å². The van der Waals surface area contributed by atoms with E-state index in [4.69, 9.17) is 11.6 Å². The predicted molar refractivity (Wildman–Crippen MR) is 68.7 cm³/mol. The minimum atomic E-state index is -0.103. The molecule has 0 heterocycles. The van der Waals surface area contributed by atoms with Gasteiger partial charge in [0.05, 0.1) is 12.0 Å². The second-order valence-corrected chi connectivity index (χ2v) is 5.45. The highest BCUT2D eigenvalue weighted by Gasteiger charge is 2.42. The number of rotatable bonds is 4. The molecule has 1 saturated carbocycles. The van der Waals surface area contributed by atoms with E-state index in [0.717, 1.165) is 22.9 Å². The molecule has 0 radical (unpaired) electrons. The molecule has 16 heavy (non-hydrogen) atoms. The van der Waals surface area contributed by atoms with E-state index in [0.29, 0.717) is 12.3 Å². The van der Waals surface area contributed by atoms with Gasteiger partial charge in [0.25, 0.3) is 0 Å². The fourth-order valence-corrected chi connectivity index (χ4v) is 2.17. The number of carbonyl (C=O) groups excluding carboxylic acids is 1. The van der Waals surface area contributed by atoms with Gasteiger partial charge in [-0.2, -0.15) is 0 Å². The van der Waals surface area contributed by atoms with E-state index in [1.807, 2.05) is 24.3 Å². The maximum Gasteiger partial charge on any atom is 0.224 e. The zero-order valence-corrected chi connectivity index (χ0v) is 11.1. The van der Waals surface area contributed by atoms with Crippen LogP contribution in [0.2, 0.25) is 0 Å². The summed E-state index contributed by atoms with van der Waals surface area (Å²) in [7, 11) is 0. The van der Waals surface area contributed by atoms with Crippen LogP contribution < -0.4 is 5.32 Å². The van der Waals surface area contributed by atoms with Crippen molar-refractivity contribution in [1.82, 2.24) is 5.32 Å². The predicted octanol–water partition coefficient (Wildman–Crippen LogP) is 2.88. The normalized spacial score (nSPS) is 16.9. The molecular weight excluding hydrogens is 289 g/mol. The van der Waals surface area contributed by atoms with Crippen LogP contribution in [0.15, 0.2) is 28.7 Å². The maximum absolute atomic E-state index is 11.7. The third-order valence-corrected chi connectivity index (χ3v) is 3.83. The van der Waals surface area contributed by atoms with E-state index in [1.165, 1.54) is 0 Å². The van der Waals surface area contributed by atoms with Gasteiger partial charge in [0.1, 0.15) is 0 Å².